The van der Waals surface area contributed by atoms with E-state index in [1.807, 2.05) is 18.2 Å². The van der Waals surface area contributed by atoms with E-state index in [0.717, 1.165) is 23.7 Å². The molecule has 4 rings (SSSR count). The molecule has 1 aromatic heterocycles. The first-order valence-corrected chi connectivity index (χ1v) is 10.7. The minimum absolute atomic E-state index is 0.0635. The topological polar surface area (TPSA) is 106 Å². The second-order valence-electron chi connectivity index (χ2n) is 8.29. The molecule has 2 aromatic carbocycles. The number of aryl methyl sites for hydroxylation is 1. The maximum Gasteiger partial charge on any atom is 0.276 e. The van der Waals surface area contributed by atoms with Crippen molar-refractivity contribution >= 4 is 22.5 Å². The van der Waals surface area contributed by atoms with Gasteiger partial charge in [0.25, 0.3) is 11.6 Å². The first kappa shape index (κ1) is 21.7. The van der Waals surface area contributed by atoms with Gasteiger partial charge in [0.05, 0.1) is 25.2 Å². The summed E-state index contributed by atoms with van der Waals surface area (Å²) in [4.78, 5) is 27.3. The van der Waals surface area contributed by atoms with Crippen molar-refractivity contribution in [3.63, 3.8) is 0 Å². The Morgan fingerprint density at radius 1 is 1.22 bits per heavy atom. The van der Waals surface area contributed by atoms with Gasteiger partial charge in [-0.25, -0.2) is 0 Å². The van der Waals surface area contributed by atoms with E-state index in [2.05, 4.69) is 17.2 Å². The average Bonchev–Trinajstić information content (AvgIpc) is 3.15. The molecule has 168 valence electrons. The number of hydrogen-bond acceptors (Lipinski definition) is 5. The summed E-state index contributed by atoms with van der Waals surface area (Å²) in [7, 11) is 2.91. The molecule has 32 heavy (non-hydrogen) atoms. The Morgan fingerprint density at radius 2 is 1.97 bits per heavy atom. The maximum absolute atomic E-state index is 12.8. The zero-order valence-corrected chi connectivity index (χ0v) is 18.5. The molecule has 1 unspecified atom stereocenters. The standard InChI is InChI=1S/C24H27N3O5/c1-14-4-6-19-17(10-14)18-11-16(5-7-20(18)26-19)24(28)25-9-8-15-12-22(31-2)23(32-3)13-21(15)27(29)30/h5,7,11-14,26H,4,6,8-10H2,1-3H3,(H,25,28). The van der Waals surface area contributed by atoms with Crippen LogP contribution in [0, 0.1) is 16.0 Å². The van der Waals surface area contributed by atoms with Crippen LogP contribution in [0.2, 0.25) is 0 Å². The molecule has 1 atom stereocenters. The number of ether oxygens (including phenoxy) is 2. The number of carbonyl (C=O) groups is 1. The highest BCUT2D eigenvalue weighted by Crippen LogP contribution is 2.35. The van der Waals surface area contributed by atoms with Crippen molar-refractivity contribution in [1.82, 2.24) is 10.3 Å². The zero-order valence-electron chi connectivity index (χ0n) is 18.5. The van der Waals surface area contributed by atoms with Crippen molar-refractivity contribution < 1.29 is 19.2 Å². The van der Waals surface area contributed by atoms with Crippen LogP contribution < -0.4 is 14.8 Å². The number of methoxy groups -OCH3 is 2. The van der Waals surface area contributed by atoms with Crippen molar-refractivity contribution in [2.24, 2.45) is 5.92 Å². The number of carbonyl (C=O) groups excluding carboxylic acids is 1. The molecule has 8 heteroatoms. The lowest BCUT2D eigenvalue weighted by molar-refractivity contribution is -0.385. The number of nitrogens with one attached hydrogen (secondary N) is 2. The van der Waals surface area contributed by atoms with Gasteiger partial charge in [-0.05, 0) is 61.4 Å². The molecule has 0 saturated carbocycles. The maximum atomic E-state index is 12.8. The predicted octanol–water partition coefficient (Wildman–Crippen LogP) is 4.19. The third-order valence-electron chi connectivity index (χ3n) is 6.16. The number of nitro groups is 1. The summed E-state index contributed by atoms with van der Waals surface area (Å²) in [5.74, 6) is 1.14. The van der Waals surface area contributed by atoms with E-state index in [1.54, 1.807) is 6.07 Å². The number of nitro benzene ring substituents is 1. The largest absolute Gasteiger partial charge is 0.493 e. The Hall–Kier alpha value is -3.55. The monoisotopic (exact) mass is 437 g/mol. The van der Waals surface area contributed by atoms with Crippen LogP contribution in [0.1, 0.15) is 40.5 Å². The van der Waals surface area contributed by atoms with Crippen LogP contribution in [0.4, 0.5) is 5.69 Å². The van der Waals surface area contributed by atoms with Gasteiger partial charge in [0, 0.05) is 34.3 Å². The first-order chi connectivity index (χ1) is 15.4. The summed E-state index contributed by atoms with van der Waals surface area (Å²) >= 11 is 0. The van der Waals surface area contributed by atoms with Gasteiger partial charge in [-0.15, -0.1) is 0 Å². The average molecular weight is 437 g/mol. The molecule has 2 N–H and O–H groups in total. The van der Waals surface area contributed by atoms with Crippen LogP contribution in [-0.2, 0) is 19.3 Å². The second-order valence-corrected chi connectivity index (χ2v) is 8.29. The number of H-pyrrole nitrogens is 1. The lowest BCUT2D eigenvalue weighted by Gasteiger charge is -2.18. The third-order valence-corrected chi connectivity index (χ3v) is 6.16. The van der Waals surface area contributed by atoms with Crippen molar-refractivity contribution in [1.29, 1.82) is 0 Å². The Bertz CT molecular complexity index is 1180. The van der Waals surface area contributed by atoms with Gasteiger partial charge in [-0.1, -0.05) is 6.92 Å². The highest BCUT2D eigenvalue weighted by atomic mass is 16.6. The number of nitrogens with zero attached hydrogens (tertiary/aromatic N) is 1. The van der Waals surface area contributed by atoms with Gasteiger partial charge in [-0.2, -0.15) is 0 Å². The lowest BCUT2D eigenvalue weighted by Crippen LogP contribution is -2.25. The molecule has 0 radical (unpaired) electrons. The van der Waals surface area contributed by atoms with Gasteiger partial charge in [-0.3, -0.25) is 14.9 Å². The fourth-order valence-electron chi connectivity index (χ4n) is 4.43. The molecule has 0 saturated heterocycles. The van der Waals surface area contributed by atoms with Crippen molar-refractivity contribution in [3.8, 4) is 11.5 Å². The van der Waals surface area contributed by atoms with Crippen LogP contribution >= 0.6 is 0 Å². The molecule has 1 heterocycles. The van der Waals surface area contributed by atoms with Crippen molar-refractivity contribution in [2.75, 3.05) is 20.8 Å². The number of hydrogen-bond donors (Lipinski definition) is 2. The molecule has 8 nitrogen and oxygen atoms in total. The summed E-state index contributed by atoms with van der Waals surface area (Å²) in [6.45, 7) is 2.52. The number of benzene rings is 2. The quantitative estimate of drug-likeness (QED) is 0.426. The molecular weight excluding hydrogens is 410 g/mol. The number of aromatic amines is 1. The number of rotatable bonds is 7. The van der Waals surface area contributed by atoms with Gasteiger partial charge < -0.3 is 19.8 Å². The molecule has 1 aliphatic carbocycles. The summed E-state index contributed by atoms with van der Waals surface area (Å²) in [5.41, 5.74) is 4.63. The molecule has 0 bridgehead atoms. The zero-order chi connectivity index (χ0) is 22.8. The molecular formula is C24H27N3O5. The van der Waals surface area contributed by atoms with E-state index in [4.69, 9.17) is 9.47 Å². The van der Waals surface area contributed by atoms with E-state index < -0.39 is 4.92 Å². The van der Waals surface area contributed by atoms with Crippen LogP contribution in [0.15, 0.2) is 30.3 Å². The highest BCUT2D eigenvalue weighted by molar-refractivity contribution is 5.99. The van der Waals surface area contributed by atoms with Crippen molar-refractivity contribution in [2.45, 2.75) is 32.6 Å². The van der Waals surface area contributed by atoms with Crippen LogP contribution in [0.25, 0.3) is 10.9 Å². The fourth-order valence-corrected chi connectivity index (χ4v) is 4.43. The third kappa shape index (κ3) is 4.12. The van der Waals surface area contributed by atoms with E-state index in [0.29, 0.717) is 35.0 Å². The minimum Gasteiger partial charge on any atom is -0.493 e. The Balaban J connectivity index is 1.49. The summed E-state index contributed by atoms with van der Waals surface area (Å²) in [6.07, 6.45) is 3.53. The van der Waals surface area contributed by atoms with Gasteiger partial charge in [0.15, 0.2) is 11.5 Å². The molecule has 1 amide bonds. The smallest absolute Gasteiger partial charge is 0.276 e. The van der Waals surface area contributed by atoms with E-state index in [1.165, 1.54) is 38.0 Å². The molecule has 0 spiro atoms. The Kier molecular flexibility index (Phi) is 6.03. The van der Waals surface area contributed by atoms with Gasteiger partial charge >= 0.3 is 0 Å². The Morgan fingerprint density at radius 3 is 2.69 bits per heavy atom. The van der Waals surface area contributed by atoms with Crippen LogP contribution in [0.3, 0.4) is 0 Å². The summed E-state index contributed by atoms with van der Waals surface area (Å²) < 4.78 is 10.4. The number of amides is 1. The van der Waals surface area contributed by atoms with Crippen LogP contribution in [0.5, 0.6) is 11.5 Å². The normalized spacial score (nSPS) is 15.3. The Labute approximate surface area is 186 Å². The van der Waals surface area contributed by atoms with Gasteiger partial charge in [0.2, 0.25) is 0 Å². The van der Waals surface area contributed by atoms with Crippen LogP contribution in [-0.4, -0.2) is 36.6 Å². The molecule has 0 aliphatic heterocycles. The molecule has 1 aliphatic rings. The highest BCUT2D eigenvalue weighted by Gasteiger charge is 2.21. The van der Waals surface area contributed by atoms with Gasteiger partial charge in [0.1, 0.15) is 0 Å². The van der Waals surface area contributed by atoms with E-state index in [9.17, 15) is 14.9 Å². The SMILES string of the molecule is COc1cc(CCNC(=O)c2ccc3[nH]c4c(c3c2)CC(C)CC4)c([N+](=O)[O-])cc1OC. The fraction of sp³-hybridized carbons (Fsp3) is 0.375. The minimum atomic E-state index is -0.455. The predicted molar refractivity (Wildman–Crippen MR) is 122 cm³/mol. The summed E-state index contributed by atoms with van der Waals surface area (Å²) in [6, 6.07) is 8.63. The lowest BCUT2D eigenvalue weighted by atomic mass is 9.87. The molecule has 0 fully saturated rings. The first-order valence-electron chi connectivity index (χ1n) is 10.7. The van der Waals surface area contributed by atoms with E-state index in [-0.39, 0.29) is 18.1 Å². The number of aromatic nitrogens is 1. The summed E-state index contributed by atoms with van der Waals surface area (Å²) in [5, 5.41) is 15.5. The van der Waals surface area contributed by atoms with Crippen molar-refractivity contribution in [3.05, 3.63) is 62.8 Å². The van der Waals surface area contributed by atoms with E-state index >= 15 is 0 Å². The second kappa shape index (κ2) is 8.90. The molecule has 3 aromatic rings. The number of fused-ring (bicyclic) bond motifs is 3.